The lowest BCUT2D eigenvalue weighted by Crippen LogP contribution is -1.96. The molecule has 57 heavy (non-hydrogen) atoms. The number of aromatic nitrogens is 3. The predicted octanol–water partition coefficient (Wildman–Crippen LogP) is 14.5. The lowest BCUT2D eigenvalue weighted by atomic mass is 9.96. The lowest BCUT2D eigenvalue weighted by Gasteiger charge is -2.12. The Kier molecular flexibility index (Phi) is 5.91. The normalized spacial score (nSPS) is 13.1. The molecule has 1 N–H and O–H groups in total. The Morgan fingerprint density at radius 1 is 0.368 bits per heavy atom. The second-order valence-corrected chi connectivity index (χ2v) is 14.6. The summed E-state index contributed by atoms with van der Waals surface area (Å²) < 4.78 is 46.9. The Hall–Kier alpha value is -7.62. The third-order valence-electron chi connectivity index (χ3n) is 11.5. The molecule has 0 atom stereocenters. The summed E-state index contributed by atoms with van der Waals surface area (Å²) in [6.07, 6.45) is 0. The molecule has 0 saturated heterocycles. The van der Waals surface area contributed by atoms with Gasteiger partial charge in [-0.3, -0.25) is 0 Å². The zero-order valence-corrected chi connectivity index (χ0v) is 30.6. The molecule has 0 aliphatic carbocycles. The number of hydrogen-bond acceptors (Lipinski definition) is 0. The van der Waals surface area contributed by atoms with Crippen LogP contribution >= 0.6 is 0 Å². The van der Waals surface area contributed by atoms with Crippen LogP contribution in [0, 0.1) is 0 Å². The monoisotopic (exact) mass is 730 g/mol. The number of nitrogens with one attached hydrogen (secondary N) is 1. The molecule has 3 heteroatoms. The molecule has 0 radical (unpaired) electrons. The van der Waals surface area contributed by atoms with E-state index in [9.17, 15) is 0 Å². The predicted molar refractivity (Wildman–Crippen MR) is 241 cm³/mol. The Morgan fingerprint density at radius 2 is 1.05 bits per heavy atom. The van der Waals surface area contributed by atoms with Crippen molar-refractivity contribution in [3.8, 4) is 44.8 Å². The van der Waals surface area contributed by atoms with Crippen LogP contribution in [0.15, 0.2) is 206 Å². The van der Waals surface area contributed by atoms with Gasteiger partial charge in [0.2, 0.25) is 0 Å². The van der Waals surface area contributed by atoms with Crippen molar-refractivity contribution in [2.45, 2.75) is 0 Å². The number of rotatable bonds is 5. The second-order valence-electron chi connectivity index (χ2n) is 14.6. The third kappa shape index (κ3) is 4.86. The van der Waals surface area contributed by atoms with Crippen LogP contribution in [0.3, 0.4) is 0 Å². The summed E-state index contributed by atoms with van der Waals surface area (Å²) in [5, 5.41) is 6.53. The van der Waals surface area contributed by atoms with Gasteiger partial charge in [-0.05, 0) is 100 Å². The highest BCUT2D eigenvalue weighted by Gasteiger charge is 2.20. The SMILES string of the molecule is [2H]c1c([2H])c([2H])c(-c2ccc3[nH]c4cccc(-n5c6ccccc6c6cc(-n7c8ccccc8c8c(-c9cccc(-c%10ccccc%10)c9)cccc87)ccc65)c4c3c2)c([2H])c1[2H]. The minimum absolute atomic E-state index is 0.187. The molecule has 3 aromatic heterocycles. The summed E-state index contributed by atoms with van der Waals surface area (Å²) in [5.74, 6) is 0. The molecule has 12 aromatic rings. The average Bonchev–Trinajstić information content (AvgIpc) is 3.98. The van der Waals surface area contributed by atoms with Gasteiger partial charge in [0.25, 0.3) is 0 Å². The van der Waals surface area contributed by atoms with Crippen molar-refractivity contribution in [3.05, 3.63) is 206 Å². The van der Waals surface area contributed by atoms with Crippen LogP contribution in [0.2, 0.25) is 0 Å². The van der Waals surface area contributed by atoms with Gasteiger partial charge in [0.05, 0.1) is 34.6 Å². The van der Waals surface area contributed by atoms with Crippen molar-refractivity contribution in [2.24, 2.45) is 0 Å². The number of benzene rings is 9. The van der Waals surface area contributed by atoms with Crippen LogP contribution in [-0.2, 0) is 0 Å². The Balaban J connectivity index is 1.07. The van der Waals surface area contributed by atoms with E-state index in [-0.39, 0.29) is 29.7 Å². The minimum Gasteiger partial charge on any atom is -0.354 e. The van der Waals surface area contributed by atoms with E-state index in [0.717, 1.165) is 66.0 Å². The van der Waals surface area contributed by atoms with Crippen LogP contribution in [0.4, 0.5) is 0 Å². The third-order valence-corrected chi connectivity index (χ3v) is 11.5. The summed E-state index contributed by atoms with van der Waals surface area (Å²) >= 11 is 0. The highest BCUT2D eigenvalue weighted by atomic mass is 15.0. The summed E-state index contributed by atoms with van der Waals surface area (Å²) in [4.78, 5) is 3.59. The molecule has 0 spiro atoms. The number of nitrogens with zero attached hydrogens (tertiary/aromatic N) is 2. The number of fused-ring (bicyclic) bond motifs is 9. The van der Waals surface area contributed by atoms with Crippen LogP contribution < -0.4 is 0 Å². The van der Waals surface area contributed by atoms with Crippen LogP contribution in [-0.4, -0.2) is 14.1 Å². The summed E-state index contributed by atoms with van der Waals surface area (Å²) in [6.45, 7) is 0. The molecular formula is C54H35N3. The smallest absolute Gasteiger partial charge is 0.0629 e. The van der Waals surface area contributed by atoms with E-state index in [1.54, 1.807) is 0 Å². The Morgan fingerprint density at radius 3 is 1.93 bits per heavy atom. The van der Waals surface area contributed by atoms with Gasteiger partial charge in [-0.25, -0.2) is 0 Å². The fourth-order valence-corrected chi connectivity index (χ4v) is 9.06. The first kappa shape index (κ1) is 27.0. The zero-order chi connectivity index (χ0) is 41.8. The molecule has 0 saturated carbocycles. The average molecular weight is 731 g/mol. The Labute approximate surface area is 336 Å². The van der Waals surface area contributed by atoms with Crippen LogP contribution in [0.1, 0.15) is 6.85 Å². The van der Waals surface area contributed by atoms with Gasteiger partial charge in [0.15, 0.2) is 0 Å². The van der Waals surface area contributed by atoms with E-state index in [1.807, 2.05) is 18.2 Å². The minimum atomic E-state index is -0.401. The van der Waals surface area contributed by atoms with E-state index >= 15 is 0 Å². The molecule has 9 aromatic carbocycles. The highest BCUT2D eigenvalue weighted by molar-refractivity contribution is 6.18. The number of H-pyrrole nitrogens is 1. The van der Waals surface area contributed by atoms with Gasteiger partial charge >= 0.3 is 0 Å². The number of aromatic amines is 1. The molecule has 0 fully saturated rings. The van der Waals surface area contributed by atoms with E-state index in [4.69, 9.17) is 6.85 Å². The van der Waals surface area contributed by atoms with Crippen LogP contribution in [0.5, 0.6) is 0 Å². The summed E-state index contributed by atoms with van der Waals surface area (Å²) in [7, 11) is 0. The molecule has 0 aliphatic rings. The van der Waals surface area contributed by atoms with Gasteiger partial charge in [-0.1, -0.05) is 139 Å². The fourth-order valence-electron chi connectivity index (χ4n) is 9.06. The van der Waals surface area contributed by atoms with Gasteiger partial charge < -0.3 is 14.1 Å². The Bertz CT molecular complexity index is 3790. The molecular weight excluding hydrogens is 691 g/mol. The maximum absolute atomic E-state index is 8.70. The highest BCUT2D eigenvalue weighted by Crippen LogP contribution is 2.42. The van der Waals surface area contributed by atoms with Crippen molar-refractivity contribution in [1.29, 1.82) is 0 Å². The van der Waals surface area contributed by atoms with E-state index in [2.05, 4.69) is 172 Å². The van der Waals surface area contributed by atoms with Crippen molar-refractivity contribution in [3.63, 3.8) is 0 Å². The van der Waals surface area contributed by atoms with Gasteiger partial charge in [-0.2, -0.15) is 0 Å². The van der Waals surface area contributed by atoms with Gasteiger partial charge in [0, 0.05) is 49.0 Å². The maximum Gasteiger partial charge on any atom is 0.0629 e. The lowest BCUT2D eigenvalue weighted by molar-refractivity contribution is 1.17. The van der Waals surface area contributed by atoms with Crippen molar-refractivity contribution in [1.82, 2.24) is 14.1 Å². The van der Waals surface area contributed by atoms with E-state index in [1.165, 1.54) is 33.0 Å². The first-order valence-electron chi connectivity index (χ1n) is 21.7. The standard InChI is InChI=1S/C54H35N3/c1-3-14-35(15-4-1)37-18-11-19-39(32-37)41-22-12-26-51-53(41)43-21-8-10-25-49(43)56(51)40-29-31-50-44(34-40)42-20-7-9-24-48(42)57(50)52-27-13-23-47-54(52)45-33-38(28-30-46(45)55-47)36-16-5-2-6-17-36/h1-34,55H/i2D,5D,6D,16D,17D. The van der Waals surface area contributed by atoms with Crippen LogP contribution in [0.25, 0.3) is 110 Å². The fraction of sp³-hybridized carbons (Fsp3) is 0. The van der Waals surface area contributed by atoms with Crippen molar-refractivity contribution < 1.29 is 6.85 Å². The maximum atomic E-state index is 8.70. The molecule has 0 amide bonds. The molecule has 0 unspecified atom stereocenters. The zero-order valence-electron chi connectivity index (χ0n) is 35.6. The second kappa shape index (κ2) is 12.5. The largest absolute Gasteiger partial charge is 0.354 e. The van der Waals surface area contributed by atoms with Crippen molar-refractivity contribution >= 4 is 65.4 Å². The number of para-hydroxylation sites is 2. The number of hydrogen-bond donors (Lipinski definition) is 1. The topological polar surface area (TPSA) is 25.6 Å². The quantitative estimate of drug-likeness (QED) is 0.182. The molecule has 12 rings (SSSR count). The van der Waals surface area contributed by atoms with Gasteiger partial charge in [0.1, 0.15) is 0 Å². The van der Waals surface area contributed by atoms with E-state index < -0.39 is 6.04 Å². The summed E-state index contributed by atoms with van der Waals surface area (Å²) in [6, 6.07) is 60.4. The molecule has 3 heterocycles. The molecule has 266 valence electrons. The van der Waals surface area contributed by atoms with Crippen molar-refractivity contribution in [2.75, 3.05) is 0 Å². The summed E-state index contributed by atoms with van der Waals surface area (Å²) in [5.41, 5.74) is 13.7. The first-order valence-corrected chi connectivity index (χ1v) is 19.2. The first-order chi connectivity index (χ1) is 30.4. The molecule has 0 aliphatic heterocycles. The molecule has 3 nitrogen and oxygen atoms in total. The van der Waals surface area contributed by atoms with Gasteiger partial charge in [-0.15, -0.1) is 0 Å². The molecule has 0 bridgehead atoms. The van der Waals surface area contributed by atoms with E-state index in [0.29, 0.717) is 5.56 Å².